The molecule has 10 heteroatoms. The van der Waals surface area contributed by atoms with E-state index >= 15 is 0 Å². The molecule has 174 valence electrons. The molecule has 2 heterocycles. The predicted octanol–water partition coefficient (Wildman–Crippen LogP) is 3.50. The second-order valence-corrected chi connectivity index (χ2v) is 10.5. The number of urea groups is 1. The summed E-state index contributed by atoms with van der Waals surface area (Å²) >= 11 is 1.58. The Morgan fingerprint density at radius 2 is 1.91 bits per heavy atom. The molecule has 2 aromatic carbocycles. The Hall–Kier alpha value is -2.79. The van der Waals surface area contributed by atoms with Crippen molar-refractivity contribution >= 4 is 33.1 Å². The van der Waals surface area contributed by atoms with Crippen LogP contribution in [-0.2, 0) is 21.2 Å². The van der Waals surface area contributed by atoms with Gasteiger partial charge in [-0.05, 0) is 25.1 Å². The molecule has 4 rings (SSSR count). The van der Waals surface area contributed by atoms with Crippen LogP contribution < -0.4 is 10.6 Å². The molecular formula is C23H26N4O4S2. The molecule has 0 spiro atoms. The number of aromatic nitrogens is 1. The number of rotatable bonds is 7. The van der Waals surface area contributed by atoms with Crippen molar-refractivity contribution < 1.29 is 17.9 Å². The number of anilines is 1. The Labute approximate surface area is 197 Å². The van der Waals surface area contributed by atoms with Gasteiger partial charge in [-0.3, -0.25) is 0 Å². The summed E-state index contributed by atoms with van der Waals surface area (Å²) in [5.41, 5.74) is 3.61. The quantitative estimate of drug-likeness (QED) is 0.532. The fraction of sp³-hybridized carbons (Fsp3) is 0.304. The fourth-order valence-electron chi connectivity index (χ4n) is 3.40. The minimum Gasteiger partial charge on any atom is -0.379 e. The van der Waals surface area contributed by atoms with Gasteiger partial charge in [-0.2, -0.15) is 4.31 Å². The zero-order valence-electron chi connectivity index (χ0n) is 18.3. The molecule has 1 aliphatic heterocycles. The van der Waals surface area contributed by atoms with Crippen LogP contribution in [0.2, 0.25) is 0 Å². The van der Waals surface area contributed by atoms with E-state index in [1.807, 2.05) is 12.3 Å². The molecule has 2 N–H and O–H groups in total. The number of benzene rings is 2. The third-order valence-electron chi connectivity index (χ3n) is 5.22. The van der Waals surface area contributed by atoms with Crippen molar-refractivity contribution in [2.45, 2.75) is 18.2 Å². The van der Waals surface area contributed by atoms with Crippen LogP contribution in [0.25, 0.3) is 10.6 Å². The molecule has 1 aromatic heterocycles. The first kappa shape index (κ1) is 23.4. The largest absolute Gasteiger partial charge is 0.379 e. The van der Waals surface area contributed by atoms with Gasteiger partial charge in [0.05, 0.1) is 23.8 Å². The monoisotopic (exact) mass is 486 g/mol. The topological polar surface area (TPSA) is 101 Å². The normalized spacial score (nSPS) is 14.7. The maximum atomic E-state index is 12.8. The molecule has 0 aliphatic carbocycles. The van der Waals surface area contributed by atoms with Crippen LogP contribution >= 0.6 is 11.3 Å². The van der Waals surface area contributed by atoms with Gasteiger partial charge >= 0.3 is 6.03 Å². The lowest BCUT2D eigenvalue weighted by Gasteiger charge is -2.26. The van der Waals surface area contributed by atoms with Gasteiger partial charge in [0.1, 0.15) is 5.01 Å². The highest BCUT2D eigenvalue weighted by Crippen LogP contribution is 2.24. The SMILES string of the molecule is Cc1ccc(-c2nc(CCNC(=O)Nc3cccc(S(=O)(=O)N4CCOCC4)c3)cs2)cc1. The summed E-state index contributed by atoms with van der Waals surface area (Å²) in [6.45, 7) is 3.86. The average Bonchev–Trinajstić information content (AvgIpc) is 3.29. The summed E-state index contributed by atoms with van der Waals surface area (Å²) in [5.74, 6) is 0. The Balaban J connectivity index is 1.30. The maximum absolute atomic E-state index is 12.8. The van der Waals surface area contributed by atoms with Crippen LogP contribution in [0.4, 0.5) is 10.5 Å². The molecule has 0 unspecified atom stereocenters. The van der Waals surface area contributed by atoms with E-state index < -0.39 is 16.1 Å². The van der Waals surface area contributed by atoms with E-state index in [2.05, 4.69) is 39.9 Å². The van der Waals surface area contributed by atoms with Crippen molar-refractivity contribution in [3.63, 3.8) is 0 Å². The first-order valence-corrected chi connectivity index (χ1v) is 13.0. The van der Waals surface area contributed by atoms with Gasteiger partial charge < -0.3 is 15.4 Å². The number of aryl methyl sites for hydroxylation is 1. The fourth-order valence-corrected chi connectivity index (χ4v) is 5.71. The maximum Gasteiger partial charge on any atom is 0.319 e. The van der Waals surface area contributed by atoms with Crippen LogP contribution in [-0.4, -0.2) is 56.6 Å². The van der Waals surface area contributed by atoms with Crippen LogP contribution in [0.15, 0.2) is 58.8 Å². The van der Waals surface area contributed by atoms with E-state index in [9.17, 15) is 13.2 Å². The van der Waals surface area contributed by atoms with E-state index in [-0.39, 0.29) is 4.90 Å². The van der Waals surface area contributed by atoms with Gasteiger partial charge in [0.15, 0.2) is 0 Å². The van der Waals surface area contributed by atoms with Crippen molar-refractivity contribution in [3.05, 3.63) is 65.2 Å². The number of amides is 2. The number of ether oxygens (including phenoxy) is 1. The van der Waals surface area contributed by atoms with Gasteiger partial charge in [0.2, 0.25) is 10.0 Å². The zero-order valence-corrected chi connectivity index (χ0v) is 19.9. The van der Waals surface area contributed by atoms with Crippen LogP contribution in [0.5, 0.6) is 0 Å². The Morgan fingerprint density at radius 1 is 1.15 bits per heavy atom. The molecule has 0 bridgehead atoms. The highest BCUT2D eigenvalue weighted by atomic mass is 32.2. The average molecular weight is 487 g/mol. The summed E-state index contributed by atoms with van der Waals surface area (Å²) in [6.07, 6.45) is 0.598. The van der Waals surface area contributed by atoms with Gasteiger partial charge in [0.25, 0.3) is 0 Å². The third-order valence-corrected chi connectivity index (χ3v) is 8.05. The van der Waals surface area contributed by atoms with Crippen LogP contribution in [0.3, 0.4) is 0 Å². The second kappa shape index (κ2) is 10.4. The zero-order chi connectivity index (χ0) is 23.3. The second-order valence-electron chi connectivity index (χ2n) is 7.69. The molecular weight excluding hydrogens is 460 g/mol. The lowest BCUT2D eigenvalue weighted by atomic mass is 10.2. The Bertz CT molecular complexity index is 1200. The van der Waals surface area contributed by atoms with Crippen molar-refractivity contribution in [1.82, 2.24) is 14.6 Å². The van der Waals surface area contributed by atoms with Gasteiger partial charge in [-0.1, -0.05) is 35.9 Å². The molecule has 1 aliphatic rings. The number of sulfonamides is 1. The highest BCUT2D eigenvalue weighted by Gasteiger charge is 2.26. The number of hydrogen-bond donors (Lipinski definition) is 2. The number of thiazole rings is 1. The smallest absolute Gasteiger partial charge is 0.319 e. The molecule has 3 aromatic rings. The van der Waals surface area contributed by atoms with Crippen molar-refractivity contribution in [2.24, 2.45) is 0 Å². The molecule has 0 radical (unpaired) electrons. The summed E-state index contributed by atoms with van der Waals surface area (Å²) in [6, 6.07) is 14.1. The van der Waals surface area contributed by atoms with E-state index in [4.69, 9.17) is 4.74 Å². The molecule has 2 amide bonds. The first-order chi connectivity index (χ1) is 15.9. The van der Waals surface area contributed by atoms with Crippen LogP contribution in [0.1, 0.15) is 11.3 Å². The molecule has 1 saturated heterocycles. The summed E-state index contributed by atoms with van der Waals surface area (Å²) < 4.78 is 32.2. The lowest BCUT2D eigenvalue weighted by molar-refractivity contribution is 0.0730. The Morgan fingerprint density at radius 3 is 2.67 bits per heavy atom. The van der Waals surface area contributed by atoms with Gasteiger partial charge in [0, 0.05) is 42.7 Å². The predicted molar refractivity (Wildman–Crippen MR) is 129 cm³/mol. The first-order valence-electron chi connectivity index (χ1n) is 10.7. The van der Waals surface area contributed by atoms with E-state index in [0.29, 0.717) is 45.0 Å². The molecule has 8 nitrogen and oxygen atoms in total. The summed E-state index contributed by atoms with van der Waals surface area (Å²) in [7, 11) is -3.62. The van der Waals surface area contributed by atoms with Crippen molar-refractivity contribution in [2.75, 3.05) is 38.2 Å². The molecule has 1 fully saturated rings. The van der Waals surface area contributed by atoms with Gasteiger partial charge in [-0.25, -0.2) is 18.2 Å². The van der Waals surface area contributed by atoms with E-state index in [1.165, 1.54) is 22.0 Å². The van der Waals surface area contributed by atoms with Crippen LogP contribution in [0, 0.1) is 6.92 Å². The minimum absolute atomic E-state index is 0.147. The number of carbonyl (C=O) groups is 1. The Kier molecular flexibility index (Phi) is 7.39. The van der Waals surface area contributed by atoms with E-state index in [1.54, 1.807) is 23.5 Å². The lowest BCUT2D eigenvalue weighted by Crippen LogP contribution is -2.40. The van der Waals surface area contributed by atoms with E-state index in [0.717, 1.165) is 16.3 Å². The molecule has 0 atom stereocenters. The summed E-state index contributed by atoms with van der Waals surface area (Å²) in [4.78, 5) is 17.1. The van der Waals surface area contributed by atoms with Gasteiger partial charge in [-0.15, -0.1) is 11.3 Å². The van der Waals surface area contributed by atoms with Crippen molar-refractivity contribution in [1.29, 1.82) is 0 Å². The van der Waals surface area contributed by atoms with Crippen molar-refractivity contribution in [3.8, 4) is 10.6 Å². The number of nitrogens with zero attached hydrogens (tertiary/aromatic N) is 2. The number of carbonyl (C=O) groups excluding carboxylic acids is 1. The minimum atomic E-state index is -3.62. The highest BCUT2D eigenvalue weighted by molar-refractivity contribution is 7.89. The number of morpholine rings is 1. The third kappa shape index (κ3) is 5.97. The number of hydrogen-bond acceptors (Lipinski definition) is 6. The molecule has 33 heavy (non-hydrogen) atoms. The standard InChI is InChI=1S/C23H26N4O4S2/c1-17-5-7-18(8-6-17)22-25-20(16-32-22)9-10-24-23(28)26-19-3-2-4-21(15-19)33(29,30)27-11-13-31-14-12-27/h2-8,15-16H,9-14H2,1H3,(H2,24,26,28). The number of nitrogens with one attached hydrogen (secondary N) is 2. The summed E-state index contributed by atoms with van der Waals surface area (Å²) in [5, 5.41) is 8.45. The molecule has 0 saturated carbocycles.